The molecule has 4 aromatic carbocycles. The molecule has 0 unspecified atom stereocenters. The molecule has 0 saturated heterocycles. The van der Waals surface area contributed by atoms with Crippen LogP contribution in [0.5, 0.6) is 5.75 Å². The van der Waals surface area contributed by atoms with Crippen LogP contribution >= 0.6 is 11.8 Å². The molecule has 1 fully saturated rings. The normalized spacial score (nSPS) is 13.9. The number of hydrogen-bond donors (Lipinski definition) is 1. The Labute approximate surface area is 292 Å². The Balaban J connectivity index is 1.59. The van der Waals surface area contributed by atoms with E-state index >= 15 is 0 Å². The van der Waals surface area contributed by atoms with Crippen molar-refractivity contribution in [1.29, 1.82) is 0 Å². The lowest BCUT2D eigenvalue weighted by Crippen LogP contribution is -2.54. The number of thioether (sulfide) groups is 1. The number of anilines is 1. The predicted molar refractivity (Wildman–Crippen MR) is 192 cm³/mol. The third-order valence-corrected chi connectivity index (χ3v) is 11.1. The first-order valence-electron chi connectivity index (χ1n) is 16.5. The minimum Gasteiger partial charge on any atom is -0.492 e. The Morgan fingerprint density at radius 1 is 0.898 bits per heavy atom. The molecule has 0 aliphatic heterocycles. The molecule has 8 nitrogen and oxygen atoms in total. The van der Waals surface area contributed by atoms with Crippen LogP contribution in [0.2, 0.25) is 0 Å². The van der Waals surface area contributed by atoms with Crippen LogP contribution in [-0.4, -0.2) is 56.6 Å². The summed E-state index contributed by atoms with van der Waals surface area (Å²) in [6, 6.07) is 27.3. The fraction of sp³-hybridized carbons (Fsp3) is 0.316. The number of hydrogen-bond acceptors (Lipinski definition) is 6. The number of nitrogens with zero attached hydrogens (tertiary/aromatic N) is 2. The van der Waals surface area contributed by atoms with E-state index in [1.54, 1.807) is 55.5 Å². The molecule has 11 heteroatoms. The number of nitrogens with one attached hydrogen (secondary N) is 1. The van der Waals surface area contributed by atoms with Crippen molar-refractivity contribution in [3.8, 4) is 5.75 Å². The largest absolute Gasteiger partial charge is 0.492 e. The molecule has 5 rings (SSSR count). The van der Waals surface area contributed by atoms with E-state index in [0.29, 0.717) is 11.3 Å². The molecule has 1 aliphatic rings. The molecule has 0 aromatic heterocycles. The Morgan fingerprint density at radius 3 is 2.20 bits per heavy atom. The number of ether oxygens (including phenoxy) is 1. The zero-order chi connectivity index (χ0) is 34.8. The first kappa shape index (κ1) is 35.9. The van der Waals surface area contributed by atoms with Crippen molar-refractivity contribution in [3.05, 3.63) is 120 Å². The molecule has 2 amide bonds. The standard InChI is InChI=1S/C38H42FN3O5S2/c1-3-47-36-16-10-9-15-34(36)42(49(45,46)33-23-21-32(48-2)22-24-33)27-37(43)41(26-29-17-19-30(39)20-18-29)35(25-28-11-5-4-6-12-28)38(44)40-31-13-7-8-14-31/h4-6,9-12,15-24,31,35H,3,7-8,13-14,25-27H2,1-2H3,(H,40,44)/t35-/m1/s1. The van der Waals surface area contributed by atoms with Gasteiger partial charge in [-0.15, -0.1) is 11.8 Å². The summed E-state index contributed by atoms with van der Waals surface area (Å²) in [5.74, 6) is -1.05. The zero-order valence-corrected chi connectivity index (χ0v) is 29.4. The van der Waals surface area contributed by atoms with E-state index in [9.17, 15) is 22.4 Å². The average Bonchev–Trinajstić information content (AvgIpc) is 3.63. The van der Waals surface area contributed by atoms with Crippen molar-refractivity contribution in [2.24, 2.45) is 0 Å². The van der Waals surface area contributed by atoms with E-state index in [1.165, 1.54) is 40.9 Å². The molecule has 49 heavy (non-hydrogen) atoms. The third-order valence-electron chi connectivity index (χ3n) is 8.60. The third kappa shape index (κ3) is 9.21. The summed E-state index contributed by atoms with van der Waals surface area (Å²) in [7, 11) is -4.30. The molecular weight excluding hydrogens is 662 g/mol. The number of halogens is 1. The Morgan fingerprint density at radius 2 is 1.55 bits per heavy atom. The van der Waals surface area contributed by atoms with Crippen molar-refractivity contribution in [2.75, 3.05) is 23.7 Å². The lowest BCUT2D eigenvalue weighted by Gasteiger charge is -2.34. The topological polar surface area (TPSA) is 96.0 Å². The van der Waals surface area contributed by atoms with Crippen molar-refractivity contribution in [2.45, 2.75) is 67.4 Å². The highest BCUT2D eigenvalue weighted by Crippen LogP contribution is 2.33. The number of amides is 2. The van der Waals surface area contributed by atoms with Gasteiger partial charge in [-0.05, 0) is 85.7 Å². The van der Waals surface area contributed by atoms with Gasteiger partial charge in [-0.2, -0.15) is 0 Å². The van der Waals surface area contributed by atoms with Crippen molar-refractivity contribution in [3.63, 3.8) is 0 Å². The van der Waals surface area contributed by atoms with Gasteiger partial charge in [0.25, 0.3) is 10.0 Å². The summed E-state index contributed by atoms with van der Waals surface area (Å²) in [4.78, 5) is 31.2. The molecule has 1 aliphatic carbocycles. The van der Waals surface area contributed by atoms with Crippen molar-refractivity contribution >= 4 is 39.3 Å². The van der Waals surface area contributed by atoms with Crippen LogP contribution in [0.15, 0.2) is 113 Å². The summed E-state index contributed by atoms with van der Waals surface area (Å²) < 4.78 is 49.7. The maximum atomic E-state index is 14.7. The first-order chi connectivity index (χ1) is 23.7. The van der Waals surface area contributed by atoms with Gasteiger partial charge in [0.1, 0.15) is 24.2 Å². The molecule has 1 atom stereocenters. The van der Waals surface area contributed by atoms with Gasteiger partial charge >= 0.3 is 0 Å². The van der Waals surface area contributed by atoms with Gasteiger partial charge in [0, 0.05) is 23.9 Å². The van der Waals surface area contributed by atoms with Gasteiger partial charge in [0.2, 0.25) is 11.8 Å². The van der Waals surface area contributed by atoms with Crippen LogP contribution in [0.3, 0.4) is 0 Å². The highest BCUT2D eigenvalue weighted by Gasteiger charge is 2.36. The zero-order valence-electron chi connectivity index (χ0n) is 27.8. The minimum absolute atomic E-state index is 0.00671. The van der Waals surface area contributed by atoms with E-state index in [2.05, 4.69) is 5.32 Å². The Kier molecular flexibility index (Phi) is 12.4. The molecule has 0 heterocycles. The summed E-state index contributed by atoms with van der Waals surface area (Å²) in [6.07, 6.45) is 5.82. The predicted octanol–water partition coefficient (Wildman–Crippen LogP) is 6.84. The second-order valence-electron chi connectivity index (χ2n) is 11.9. The number of carbonyl (C=O) groups excluding carboxylic acids is 2. The fourth-order valence-corrected chi connectivity index (χ4v) is 7.87. The number of para-hydroxylation sites is 2. The van der Waals surface area contributed by atoms with E-state index in [-0.39, 0.29) is 42.1 Å². The van der Waals surface area contributed by atoms with E-state index in [0.717, 1.165) is 40.4 Å². The lowest BCUT2D eigenvalue weighted by molar-refractivity contribution is -0.140. The first-order valence-corrected chi connectivity index (χ1v) is 19.1. The average molecular weight is 704 g/mol. The van der Waals surface area contributed by atoms with Crippen LogP contribution in [0.4, 0.5) is 10.1 Å². The van der Waals surface area contributed by atoms with Crippen LogP contribution < -0.4 is 14.4 Å². The molecule has 1 N–H and O–H groups in total. The highest BCUT2D eigenvalue weighted by molar-refractivity contribution is 7.98. The summed E-state index contributed by atoms with van der Waals surface area (Å²) in [5.41, 5.74) is 1.63. The van der Waals surface area contributed by atoms with Gasteiger partial charge in [0.05, 0.1) is 17.2 Å². The van der Waals surface area contributed by atoms with Crippen LogP contribution in [-0.2, 0) is 32.6 Å². The fourth-order valence-electron chi connectivity index (χ4n) is 6.04. The Hall–Kier alpha value is -4.35. The monoisotopic (exact) mass is 703 g/mol. The number of benzene rings is 4. The van der Waals surface area contributed by atoms with Gasteiger partial charge < -0.3 is 15.0 Å². The van der Waals surface area contributed by atoms with Gasteiger partial charge in [-0.3, -0.25) is 13.9 Å². The van der Waals surface area contributed by atoms with E-state index in [4.69, 9.17) is 4.74 Å². The molecule has 258 valence electrons. The molecule has 0 bridgehead atoms. The number of sulfonamides is 1. The second-order valence-corrected chi connectivity index (χ2v) is 14.7. The quantitative estimate of drug-likeness (QED) is 0.136. The van der Waals surface area contributed by atoms with Gasteiger partial charge in [0.15, 0.2) is 0 Å². The summed E-state index contributed by atoms with van der Waals surface area (Å²) in [5, 5.41) is 3.16. The Bertz CT molecular complexity index is 1800. The second kappa shape index (κ2) is 16.8. The van der Waals surface area contributed by atoms with Gasteiger partial charge in [-0.1, -0.05) is 67.4 Å². The smallest absolute Gasteiger partial charge is 0.264 e. The van der Waals surface area contributed by atoms with E-state index < -0.39 is 34.3 Å². The van der Waals surface area contributed by atoms with Crippen LogP contribution in [0.25, 0.3) is 0 Å². The molecule has 0 radical (unpaired) electrons. The lowest BCUT2D eigenvalue weighted by atomic mass is 10.0. The summed E-state index contributed by atoms with van der Waals surface area (Å²) >= 11 is 1.49. The SMILES string of the molecule is CCOc1ccccc1N(CC(=O)N(Cc1ccc(F)cc1)[C@H](Cc1ccccc1)C(=O)NC1CCCC1)S(=O)(=O)c1ccc(SC)cc1. The molecule has 1 saturated carbocycles. The minimum atomic E-state index is -4.30. The highest BCUT2D eigenvalue weighted by atomic mass is 32.2. The van der Waals surface area contributed by atoms with Crippen LogP contribution in [0.1, 0.15) is 43.7 Å². The van der Waals surface area contributed by atoms with Crippen molar-refractivity contribution < 1.29 is 27.1 Å². The maximum Gasteiger partial charge on any atom is 0.264 e. The molecule has 4 aromatic rings. The number of carbonyl (C=O) groups is 2. The van der Waals surface area contributed by atoms with Crippen LogP contribution in [0, 0.1) is 5.82 Å². The molecule has 0 spiro atoms. The summed E-state index contributed by atoms with van der Waals surface area (Å²) in [6.45, 7) is 1.42. The van der Waals surface area contributed by atoms with E-state index in [1.807, 2.05) is 36.6 Å². The number of rotatable bonds is 15. The molecular formula is C38H42FN3O5S2. The maximum absolute atomic E-state index is 14.7. The van der Waals surface area contributed by atoms with Gasteiger partial charge in [-0.25, -0.2) is 12.8 Å². The van der Waals surface area contributed by atoms with Crippen molar-refractivity contribution in [1.82, 2.24) is 10.2 Å².